The van der Waals surface area contributed by atoms with Gasteiger partial charge in [0.25, 0.3) is 0 Å². The van der Waals surface area contributed by atoms with Crippen molar-refractivity contribution >= 4 is 17.4 Å². The van der Waals surface area contributed by atoms with E-state index in [1.54, 1.807) is 24.5 Å². The molecule has 1 aromatic rings. The second-order valence-electron chi connectivity index (χ2n) is 2.66. The average Bonchev–Trinajstić information content (AvgIpc) is 2.04. The Bertz CT molecular complexity index is 309. The maximum Gasteiger partial charge on any atom is 0.231 e. The highest BCUT2D eigenvalue weighted by Gasteiger charge is 2.04. The fourth-order valence-electron chi connectivity index (χ4n) is 0.867. The standard InChI is InChI=1S/C9H10N2O2/c1-7(12)6-9(13)11-8-2-4-10-5-3-8/h2-5H,6H2,1H3,(H,10,11,13). The van der Waals surface area contributed by atoms with Crippen LogP contribution >= 0.6 is 0 Å². The van der Waals surface area contributed by atoms with Crippen molar-refractivity contribution < 1.29 is 9.59 Å². The molecule has 1 heterocycles. The van der Waals surface area contributed by atoms with Gasteiger partial charge in [-0.2, -0.15) is 0 Å². The zero-order valence-corrected chi connectivity index (χ0v) is 7.28. The fraction of sp³-hybridized carbons (Fsp3) is 0.222. The van der Waals surface area contributed by atoms with Gasteiger partial charge in [-0.1, -0.05) is 0 Å². The number of nitrogens with zero attached hydrogens (tertiary/aromatic N) is 1. The Morgan fingerprint density at radius 1 is 1.38 bits per heavy atom. The molecule has 4 nitrogen and oxygen atoms in total. The van der Waals surface area contributed by atoms with Gasteiger partial charge in [-0.05, 0) is 19.1 Å². The first-order valence-corrected chi connectivity index (χ1v) is 3.88. The lowest BCUT2D eigenvalue weighted by atomic mass is 10.3. The maximum absolute atomic E-state index is 11.1. The number of rotatable bonds is 3. The van der Waals surface area contributed by atoms with E-state index in [2.05, 4.69) is 10.3 Å². The third-order valence-corrected chi connectivity index (χ3v) is 1.37. The van der Waals surface area contributed by atoms with Crippen LogP contribution in [0.3, 0.4) is 0 Å². The van der Waals surface area contributed by atoms with Crippen LogP contribution in [-0.2, 0) is 9.59 Å². The van der Waals surface area contributed by atoms with E-state index in [1.165, 1.54) is 6.92 Å². The molecule has 0 saturated heterocycles. The normalized spacial score (nSPS) is 9.31. The van der Waals surface area contributed by atoms with E-state index in [9.17, 15) is 9.59 Å². The van der Waals surface area contributed by atoms with Crippen molar-refractivity contribution in [3.05, 3.63) is 24.5 Å². The van der Waals surface area contributed by atoms with Crippen LogP contribution in [0.5, 0.6) is 0 Å². The van der Waals surface area contributed by atoms with Crippen LogP contribution < -0.4 is 5.32 Å². The molecule has 0 unspecified atom stereocenters. The van der Waals surface area contributed by atoms with Crippen LogP contribution in [0.4, 0.5) is 5.69 Å². The summed E-state index contributed by atoms with van der Waals surface area (Å²) in [6.07, 6.45) is 3.06. The zero-order valence-electron chi connectivity index (χ0n) is 7.28. The quantitative estimate of drug-likeness (QED) is 0.702. The van der Waals surface area contributed by atoms with Gasteiger partial charge in [0.05, 0.1) is 6.42 Å². The molecule has 1 N–H and O–H groups in total. The molecule has 1 aromatic heterocycles. The van der Waals surface area contributed by atoms with Gasteiger partial charge in [0.15, 0.2) is 0 Å². The topological polar surface area (TPSA) is 59.1 Å². The molecule has 0 fully saturated rings. The van der Waals surface area contributed by atoms with Gasteiger partial charge in [0.2, 0.25) is 5.91 Å². The third-order valence-electron chi connectivity index (χ3n) is 1.37. The molecule has 68 valence electrons. The lowest BCUT2D eigenvalue weighted by Gasteiger charge is -2.01. The number of nitrogens with one attached hydrogen (secondary N) is 1. The summed E-state index contributed by atoms with van der Waals surface area (Å²) < 4.78 is 0. The molecule has 0 spiro atoms. The second-order valence-corrected chi connectivity index (χ2v) is 2.66. The van der Waals surface area contributed by atoms with Gasteiger partial charge < -0.3 is 5.32 Å². The van der Waals surface area contributed by atoms with Gasteiger partial charge in [-0.15, -0.1) is 0 Å². The van der Waals surface area contributed by atoms with Crippen molar-refractivity contribution in [2.45, 2.75) is 13.3 Å². The number of carbonyl (C=O) groups excluding carboxylic acids is 2. The number of hydrogen-bond donors (Lipinski definition) is 1. The van der Waals surface area contributed by atoms with E-state index in [-0.39, 0.29) is 18.1 Å². The van der Waals surface area contributed by atoms with Crippen molar-refractivity contribution in [2.75, 3.05) is 5.32 Å². The van der Waals surface area contributed by atoms with Crippen LogP contribution in [0.1, 0.15) is 13.3 Å². The Morgan fingerprint density at radius 2 is 2.00 bits per heavy atom. The summed E-state index contributed by atoms with van der Waals surface area (Å²) in [7, 11) is 0. The maximum atomic E-state index is 11.1. The van der Waals surface area contributed by atoms with Crippen LogP contribution in [0, 0.1) is 0 Å². The molecule has 0 atom stereocenters. The molecule has 4 heteroatoms. The lowest BCUT2D eigenvalue weighted by Crippen LogP contribution is -2.14. The number of amides is 1. The minimum absolute atomic E-state index is 0.0810. The van der Waals surface area contributed by atoms with Crippen molar-refractivity contribution in [1.29, 1.82) is 0 Å². The van der Waals surface area contributed by atoms with Crippen LogP contribution in [0.25, 0.3) is 0 Å². The molecule has 1 rings (SSSR count). The summed E-state index contributed by atoms with van der Waals surface area (Å²) in [6.45, 7) is 1.38. The molecule has 0 aromatic carbocycles. The van der Waals surface area contributed by atoms with Crippen molar-refractivity contribution in [2.24, 2.45) is 0 Å². The SMILES string of the molecule is CC(=O)CC(=O)Nc1ccncc1. The van der Waals surface area contributed by atoms with Crippen molar-refractivity contribution in [3.8, 4) is 0 Å². The van der Waals surface area contributed by atoms with Gasteiger partial charge in [-0.25, -0.2) is 0 Å². The highest BCUT2D eigenvalue weighted by Crippen LogP contribution is 2.03. The molecule has 0 saturated carbocycles. The molecule has 13 heavy (non-hydrogen) atoms. The predicted octanol–water partition coefficient (Wildman–Crippen LogP) is 0.999. The smallest absolute Gasteiger partial charge is 0.231 e. The summed E-state index contributed by atoms with van der Waals surface area (Å²) in [6, 6.07) is 3.33. The Balaban J connectivity index is 2.50. The monoisotopic (exact) mass is 178 g/mol. The number of pyridine rings is 1. The summed E-state index contributed by atoms with van der Waals surface area (Å²) in [5.41, 5.74) is 0.654. The van der Waals surface area contributed by atoms with Crippen LogP contribution in [0.15, 0.2) is 24.5 Å². The molecular formula is C9H10N2O2. The molecule has 1 amide bonds. The molecule has 0 aliphatic rings. The van der Waals surface area contributed by atoms with Crippen LogP contribution in [0.2, 0.25) is 0 Å². The highest BCUT2D eigenvalue weighted by atomic mass is 16.2. The van der Waals surface area contributed by atoms with Gasteiger partial charge in [0, 0.05) is 18.1 Å². The largest absolute Gasteiger partial charge is 0.326 e. The first kappa shape index (κ1) is 9.38. The molecule has 0 aliphatic carbocycles. The number of ketones is 1. The summed E-state index contributed by atoms with van der Waals surface area (Å²) in [5, 5.41) is 2.57. The van der Waals surface area contributed by atoms with E-state index >= 15 is 0 Å². The minimum atomic E-state index is -0.293. The average molecular weight is 178 g/mol. The Hall–Kier alpha value is -1.71. The Morgan fingerprint density at radius 3 is 2.54 bits per heavy atom. The predicted molar refractivity (Wildman–Crippen MR) is 48.2 cm³/mol. The fourth-order valence-corrected chi connectivity index (χ4v) is 0.867. The zero-order chi connectivity index (χ0) is 9.68. The second kappa shape index (κ2) is 4.35. The van der Waals surface area contributed by atoms with Crippen LogP contribution in [-0.4, -0.2) is 16.7 Å². The lowest BCUT2D eigenvalue weighted by molar-refractivity contribution is -0.124. The molecular weight excluding hydrogens is 168 g/mol. The number of hydrogen-bond acceptors (Lipinski definition) is 3. The summed E-state index contributed by atoms with van der Waals surface area (Å²) in [4.78, 5) is 25.4. The van der Waals surface area contributed by atoms with Crippen molar-refractivity contribution in [3.63, 3.8) is 0 Å². The Labute approximate surface area is 76.0 Å². The molecule has 0 bridgehead atoms. The molecule has 0 aliphatic heterocycles. The van der Waals surface area contributed by atoms with Crippen molar-refractivity contribution in [1.82, 2.24) is 4.98 Å². The van der Waals surface area contributed by atoms with E-state index in [0.717, 1.165) is 0 Å². The first-order chi connectivity index (χ1) is 6.18. The number of carbonyl (C=O) groups is 2. The minimum Gasteiger partial charge on any atom is -0.326 e. The van der Waals surface area contributed by atoms with Gasteiger partial charge >= 0.3 is 0 Å². The third kappa shape index (κ3) is 3.46. The van der Waals surface area contributed by atoms with E-state index < -0.39 is 0 Å². The Kier molecular flexibility index (Phi) is 3.14. The first-order valence-electron chi connectivity index (χ1n) is 3.88. The highest BCUT2D eigenvalue weighted by molar-refractivity contribution is 6.03. The van der Waals surface area contributed by atoms with Gasteiger partial charge in [0.1, 0.15) is 5.78 Å². The molecule has 0 radical (unpaired) electrons. The summed E-state index contributed by atoms with van der Waals surface area (Å²) >= 11 is 0. The number of aromatic nitrogens is 1. The number of Topliss-reactive ketones (excluding diaryl/α,β-unsaturated/α-hetero) is 1. The van der Waals surface area contributed by atoms with Gasteiger partial charge in [-0.3, -0.25) is 14.6 Å². The summed E-state index contributed by atoms with van der Waals surface area (Å²) in [5.74, 6) is -0.440. The van der Waals surface area contributed by atoms with E-state index in [1.807, 2.05) is 0 Å². The van der Waals surface area contributed by atoms with E-state index in [4.69, 9.17) is 0 Å². The number of anilines is 1. The van der Waals surface area contributed by atoms with E-state index in [0.29, 0.717) is 5.69 Å².